The lowest BCUT2D eigenvalue weighted by Crippen LogP contribution is -2.38. The lowest BCUT2D eigenvalue weighted by atomic mass is 10.2. The van der Waals surface area contributed by atoms with Crippen LogP contribution in [0.15, 0.2) is 46.9 Å². The first-order chi connectivity index (χ1) is 13.2. The SMILES string of the molecule is CCNC(=NCCc1csc(C)n1)N(C)Cc1ncc(-c2ccccc2)[nH]1. The van der Waals surface area contributed by atoms with Gasteiger partial charge >= 0.3 is 0 Å². The number of nitrogens with zero attached hydrogens (tertiary/aromatic N) is 4. The average molecular weight is 383 g/mol. The molecule has 6 nitrogen and oxygen atoms in total. The highest BCUT2D eigenvalue weighted by atomic mass is 32.1. The number of aromatic nitrogens is 3. The Morgan fingerprint density at radius 3 is 2.81 bits per heavy atom. The van der Waals surface area contributed by atoms with E-state index >= 15 is 0 Å². The standard InChI is InChI=1S/C20H26N6S/c1-4-21-20(22-11-10-17-14-27-15(2)24-17)26(3)13-19-23-12-18(25-19)16-8-6-5-7-9-16/h5-9,12,14H,4,10-11,13H2,1-3H3,(H,21,22)(H,23,25). The summed E-state index contributed by atoms with van der Waals surface area (Å²) in [5.74, 6) is 1.79. The van der Waals surface area contributed by atoms with Crippen LogP contribution in [-0.4, -0.2) is 45.9 Å². The largest absolute Gasteiger partial charge is 0.357 e. The number of imidazole rings is 1. The molecule has 0 spiro atoms. The molecule has 0 aliphatic heterocycles. The third-order valence-corrected chi connectivity index (χ3v) is 4.92. The first kappa shape index (κ1) is 19.1. The van der Waals surface area contributed by atoms with Gasteiger partial charge in [-0.2, -0.15) is 0 Å². The second-order valence-corrected chi connectivity index (χ2v) is 7.37. The average Bonchev–Trinajstić information content (AvgIpc) is 3.31. The van der Waals surface area contributed by atoms with Gasteiger partial charge in [0, 0.05) is 31.9 Å². The minimum Gasteiger partial charge on any atom is -0.357 e. The van der Waals surface area contributed by atoms with E-state index in [4.69, 9.17) is 4.99 Å². The Morgan fingerprint density at radius 1 is 1.30 bits per heavy atom. The number of aryl methyl sites for hydroxylation is 1. The first-order valence-electron chi connectivity index (χ1n) is 9.15. The van der Waals surface area contributed by atoms with Crippen molar-refractivity contribution in [3.8, 4) is 11.3 Å². The smallest absolute Gasteiger partial charge is 0.194 e. The fourth-order valence-electron chi connectivity index (χ4n) is 2.78. The minimum atomic E-state index is 0.661. The zero-order valence-electron chi connectivity index (χ0n) is 16.1. The third-order valence-electron chi connectivity index (χ3n) is 4.09. The Hall–Kier alpha value is -2.67. The first-order valence-corrected chi connectivity index (χ1v) is 10.0. The molecule has 142 valence electrons. The van der Waals surface area contributed by atoms with Gasteiger partial charge in [-0.25, -0.2) is 9.97 Å². The molecule has 0 amide bonds. The number of hydrogen-bond acceptors (Lipinski definition) is 4. The fourth-order valence-corrected chi connectivity index (χ4v) is 3.42. The number of benzene rings is 1. The van der Waals surface area contributed by atoms with E-state index in [9.17, 15) is 0 Å². The molecule has 0 atom stereocenters. The van der Waals surface area contributed by atoms with Gasteiger partial charge in [-0.05, 0) is 19.4 Å². The van der Waals surface area contributed by atoms with Crippen molar-refractivity contribution < 1.29 is 0 Å². The van der Waals surface area contributed by atoms with Crippen LogP contribution >= 0.6 is 11.3 Å². The van der Waals surface area contributed by atoms with E-state index in [1.165, 1.54) is 0 Å². The van der Waals surface area contributed by atoms with Crippen molar-refractivity contribution in [3.63, 3.8) is 0 Å². The fraction of sp³-hybridized carbons (Fsp3) is 0.350. The van der Waals surface area contributed by atoms with Crippen molar-refractivity contribution in [1.29, 1.82) is 0 Å². The van der Waals surface area contributed by atoms with E-state index in [0.29, 0.717) is 13.1 Å². The van der Waals surface area contributed by atoms with Gasteiger partial charge in [0.1, 0.15) is 5.82 Å². The molecule has 2 N–H and O–H groups in total. The van der Waals surface area contributed by atoms with Crippen molar-refractivity contribution in [3.05, 3.63) is 58.4 Å². The highest BCUT2D eigenvalue weighted by molar-refractivity contribution is 7.09. The maximum atomic E-state index is 4.73. The summed E-state index contributed by atoms with van der Waals surface area (Å²) in [6.45, 7) is 6.31. The van der Waals surface area contributed by atoms with Crippen LogP contribution in [0.4, 0.5) is 0 Å². The summed E-state index contributed by atoms with van der Waals surface area (Å²) in [5, 5.41) is 6.56. The highest BCUT2D eigenvalue weighted by Crippen LogP contribution is 2.16. The number of aromatic amines is 1. The number of guanidine groups is 1. The van der Waals surface area contributed by atoms with Crippen LogP contribution in [0.2, 0.25) is 0 Å². The molecule has 0 saturated heterocycles. The molecule has 1 aromatic carbocycles. The van der Waals surface area contributed by atoms with Gasteiger partial charge in [0.15, 0.2) is 5.96 Å². The lowest BCUT2D eigenvalue weighted by Gasteiger charge is -2.21. The summed E-state index contributed by atoms with van der Waals surface area (Å²) >= 11 is 1.68. The predicted molar refractivity (Wildman–Crippen MR) is 112 cm³/mol. The molecule has 0 aliphatic rings. The normalized spacial score (nSPS) is 11.6. The number of H-pyrrole nitrogens is 1. The van der Waals surface area contributed by atoms with Crippen LogP contribution in [0.3, 0.4) is 0 Å². The molecule has 2 heterocycles. The molecule has 0 radical (unpaired) electrons. The Kier molecular flexibility index (Phi) is 6.59. The molecule has 27 heavy (non-hydrogen) atoms. The molecule has 2 aromatic heterocycles. The second-order valence-electron chi connectivity index (χ2n) is 6.31. The molecule has 0 unspecified atom stereocenters. The van der Waals surface area contributed by atoms with E-state index in [2.05, 4.69) is 49.6 Å². The van der Waals surface area contributed by atoms with Crippen molar-refractivity contribution in [2.45, 2.75) is 26.8 Å². The van der Waals surface area contributed by atoms with Crippen molar-refractivity contribution in [1.82, 2.24) is 25.2 Å². The van der Waals surface area contributed by atoms with Crippen LogP contribution in [-0.2, 0) is 13.0 Å². The van der Waals surface area contributed by atoms with Crippen LogP contribution < -0.4 is 5.32 Å². The quantitative estimate of drug-likeness (QED) is 0.485. The topological polar surface area (TPSA) is 69.2 Å². The molecule has 0 bridgehead atoms. The van der Waals surface area contributed by atoms with Crippen molar-refractivity contribution in [2.75, 3.05) is 20.1 Å². The van der Waals surface area contributed by atoms with Gasteiger partial charge in [-0.3, -0.25) is 4.99 Å². The van der Waals surface area contributed by atoms with E-state index in [1.807, 2.05) is 38.4 Å². The van der Waals surface area contributed by atoms with Crippen LogP contribution in [0.5, 0.6) is 0 Å². The predicted octanol–water partition coefficient (Wildman–Crippen LogP) is 3.48. The van der Waals surface area contributed by atoms with Crippen LogP contribution in [0, 0.1) is 6.92 Å². The van der Waals surface area contributed by atoms with Crippen LogP contribution in [0.1, 0.15) is 23.4 Å². The Labute approximate surface area is 164 Å². The van der Waals surface area contributed by atoms with E-state index < -0.39 is 0 Å². The zero-order chi connectivity index (χ0) is 19.1. The summed E-state index contributed by atoms with van der Waals surface area (Å²) in [4.78, 5) is 19.2. The maximum absolute atomic E-state index is 4.73. The van der Waals surface area contributed by atoms with E-state index in [1.54, 1.807) is 11.3 Å². The van der Waals surface area contributed by atoms with Crippen LogP contribution in [0.25, 0.3) is 11.3 Å². The Morgan fingerprint density at radius 2 is 2.11 bits per heavy atom. The summed E-state index contributed by atoms with van der Waals surface area (Å²) < 4.78 is 0. The minimum absolute atomic E-state index is 0.661. The molecule has 0 saturated carbocycles. The zero-order valence-corrected chi connectivity index (χ0v) is 16.9. The Bertz CT molecular complexity index is 867. The molecule has 7 heteroatoms. The Balaban J connectivity index is 1.61. The summed E-state index contributed by atoms with van der Waals surface area (Å²) in [5.41, 5.74) is 3.27. The van der Waals surface area contributed by atoms with Crippen molar-refractivity contribution >= 4 is 17.3 Å². The molecule has 0 aliphatic carbocycles. The number of nitrogens with one attached hydrogen (secondary N) is 2. The molecule has 3 rings (SSSR count). The monoisotopic (exact) mass is 382 g/mol. The molecular formula is C20H26N6S. The van der Waals surface area contributed by atoms with Gasteiger partial charge in [0.05, 0.1) is 29.1 Å². The molecule has 3 aromatic rings. The highest BCUT2D eigenvalue weighted by Gasteiger charge is 2.10. The molecule has 0 fully saturated rings. The van der Waals surface area contributed by atoms with Gasteiger partial charge in [0.2, 0.25) is 0 Å². The van der Waals surface area contributed by atoms with Gasteiger partial charge < -0.3 is 15.2 Å². The van der Waals surface area contributed by atoms with Gasteiger partial charge in [0.25, 0.3) is 0 Å². The second kappa shape index (κ2) is 9.32. The third kappa shape index (κ3) is 5.40. The molecular weight excluding hydrogens is 356 g/mol. The number of thiazole rings is 1. The van der Waals surface area contributed by atoms with E-state index in [-0.39, 0.29) is 0 Å². The van der Waals surface area contributed by atoms with Crippen molar-refractivity contribution in [2.24, 2.45) is 4.99 Å². The van der Waals surface area contributed by atoms with Gasteiger partial charge in [-0.15, -0.1) is 11.3 Å². The summed E-state index contributed by atoms with van der Waals surface area (Å²) in [6, 6.07) is 10.2. The van der Waals surface area contributed by atoms with E-state index in [0.717, 1.165) is 46.7 Å². The summed E-state index contributed by atoms with van der Waals surface area (Å²) in [7, 11) is 2.03. The summed E-state index contributed by atoms with van der Waals surface area (Å²) in [6.07, 6.45) is 2.74. The lowest BCUT2D eigenvalue weighted by molar-refractivity contribution is 0.464. The number of aliphatic imine (C=N–C) groups is 1. The number of rotatable bonds is 7. The maximum Gasteiger partial charge on any atom is 0.194 e. The number of hydrogen-bond donors (Lipinski definition) is 2. The van der Waals surface area contributed by atoms with Gasteiger partial charge in [-0.1, -0.05) is 30.3 Å².